The molecule has 2 aromatic rings. The first kappa shape index (κ1) is 14.9. The fraction of sp³-hybridized carbons (Fsp3) is 0.647. The lowest BCUT2D eigenvalue weighted by Crippen LogP contribution is -2.20. The topological polar surface area (TPSA) is 30.7 Å². The van der Waals surface area contributed by atoms with Crippen molar-refractivity contribution in [3.8, 4) is 0 Å². The Labute approximate surface area is 131 Å². The van der Waals surface area contributed by atoms with Gasteiger partial charge in [0.2, 0.25) is 0 Å². The molecule has 0 bridgehead atoms. The number of aromatic nitrogens is 3. The largest absolute Gasteiger partial charge is 0.312 e. The third-order valence-electron chi connectivity index (χ3n) is 4.03. The van der Waals surface area contributed by atoms with Crippen LogP contribution < -0.4 is 0 Å². The van der Waals surface area contributed by atoms with Crippen LogP contribution in [0.5, 0.6) is 0 Å². The summed E-state index contributed by atoms with van der Waals surface area (Å²) in [6.45, 7) is 7.83. The average molecular weight is 303 g/mol. The predicted molar refractivity (Wildman–Crippen MR) is 90.7 cm³/mol. The van der Waals surface area contributed by atoms with Crippen molar-refractivity contribution in [3.63, 3.8) is 0 Å². The van der Waals surface area contributed by atoms with Crippen molar-refractivity contribution >= 4 is 22.9 Å². The van der Waals surface area contributed by atoms with E-state index in [4.69, 9.17) is 4.98 Å². The molecule has 0 atom stereocenters. The summed E-state index contributed by atoms with van der Waals surface area (Å²) in [6, 6.07) is 4.07. The second-order valence-electron chi connectivity index (χ2n) is 7.28. The number of hydrogen-bond donors (Lipinski definition) is 0. The van der Waals surface area contributed by atoms with Gasteiger partial charge in [-0.25, -0.2) is 9.97 Å². The minimum atomic E-state index is 0.238. The van der Waals surface area contributed by atoms with Crippen LogP contribution in [0.25, 0.3) is 11.2 Å². The lowest BCUT2D eigenvalue weighted by atomic mass is 9.95. The number of rotatable bonds is 3. The van der Waals surface area contributed by atoms with Crippen molar-refractivity contribution in [3.05, 3.63) is 24.2 Å². The molecule has 21 heavy (non-hydrogen) atoms. The van der Waals surface area contributed by atoms with E-state index in [1.807, 2.05) is 12.3 Å². The Hall–Kier alpha value is -1.03. The Morgan fingerprint density at radius 3 is 2.76 bits per heavy atom. The zero-order chi connectivity index (χ0) is 14.9. The molecule has 2 aromatic heterocycles. The van der Waals surface area contributed by atoms with Crippen LogP contribution in [0.2, 0.25) is 0 Å². The Morgan fingerprint density at radius 1 is 1.29 bits per heavy atom. The molecular formula is C17H25N3S. The summed E-state index contributed by atoms with van der Waals surface area (Å²) in [5.74, 6) is 4.64. The van der Waals surface area contributed by atoms with Crippen LogP contribution in [0.4, 0.5) is 0 Å². The standard InChI is InChI=1S/C17H25N3S/c1-17(2,3)12-20-15(11-13-6-9-21-10-7-13)19-14-5-4-8-18-16(14)20/h4-5,8,13H,6-7,9-12H2,1-3H3. The fourth-order valence-corrected chi connectivity index (χ4v) is 4.21. The van der Waals surface area contributed by atoms with Crippen molar-refractivity contribution in [2.75, 3.05) is 11.5 Å². The van der Waals surface area contributed by atoms with Crippen molar-refractivity contribution in [1.82, 2.24) is 14.5 Å². The smallest absolute Gasteiger partial charge is 0.160 e. The number of thioether (sulfide) groups is 1. The molecule has 0 spiro atoms. The zero-order valence-corrected chi connectivity index (χ0v) is 14.1. The molecule has 0 radical (unpaired) electrons. The van der Waals surface area contributed by atoms with Gasteiger partial charge in [-0.1, -0.05) is 20.8 Å². The second kappa shape index (κ2) is 5.99. The maximum absolute atomic E-state index is 4.88. The minimum Gasteiger partial charge on any atom is -0.312 e. The van der Waals surface area contributed by atoms with Crippen LogP contribution >= 0.6 is 11.8 Å². The first-order valence-corrected chi connectivity index (χ1v) is 9.06. The first-order valence-electron chi connectivity index (χ1n) is 7.91. The van der Waals surface area contributed by atoms with E-state index in [9.17, 15) is 0 Å². The van der Waals surface area contributed by atoms with Gasteiger partial charge in [-0.15, -0.1) is 0 Å². The summed E-state index contributed by atoms with van der Waals surface area (Å²) < 4.78 is 2.36. The summed E-state index contributed by atoms with van der Waals surface area (Å²) in [5, 5.41) is 0. The monoisotopic (exact) mass is 303 g/mol. The van der Waals surface area contributed by atoms with E-state index in [1.54, 1.807) is 0 Å². The molecule has 0 aromatic carbocycles. The summed E-state index contributed by atoms with van der Waals surface area (Å²) >= 11 is 2.09. The van der Waals surface area contributed by atoms with Gasteiger partial charge in [0.15, 0.2) is 5.65 Å². The van der Waals surface area contributed by atoms with Gasteiger partial charge >= 0.3 is 0 Å². The molecule has 3 heterocycles. The summed E-state index contributed by atoms with van der Waals surface area (Å²) in [4.78, 5) is 9.46. The molecule has 0 aliphatic carbocycles. The average Bonchev–Trinajstić information content (AvgIpc) is 2.76. The normalized spacial score (nSPS) is 17.5. The number of imidazole rings is 1. The van der Waals surface area contributed by atoms with Gasteiger partial charge in [0, 0.05) is 19.2 Å². The van der Waals surface area contributed by atoms with Crippen LogP contribution in [0.3, 0.4) is 0 Å². The third kappa shape index (κ3) is 3.60. The molecule has 1 saturated heterocycles. The van der Waals surface area contributed by atoms with Crippen molar-refractivity contribution in [2.45, 2.75) is 46.6 Å². The Morgan fingerprint density at radius 2 is 2.05 bits per heavy atom. The highest BCUT2D eigenvalue weighted by Gasteiger charge is 2.22. The molecular weight excluding hydrogens is 278 g/mol. The van der Waals surface area contributed by atoms with Crippen LogP contribution in [0.15, 0.2) is 18.3 Å². The van der Waals surface area contributed by atoms with Crippen molar-refractivity contribution in [2.24, 2.45) is 11.3 Å². The minimum absolute atomic E-state index is 0.238. The molecule has 0 unspecified atom stereocenters. The molecule has 0 saturated carbocycles. The first-order chi connectivity index (χ1) is 10.0. The van der Waals surface area contributed by atoms with Gasteiger partial charge in [-0.2, -0.15) is 11.8 Å². The van der Waals surface area contributed by atoms with E-state index in [1.165, 1.54) is 30.2 Å². The lowest BCUT2D eigenvalue weighted by Gasteiger charge is -2.24. The number of hydrogen-bond acceptors (Lipinski definition) is 3. The molecule has 4 heteroatoms. The molecule has 1 fully saturated rings. The van der Waals surface area contributed by atoms with E-state index in [2.05, 4.69) is 48.2 Å². The lowest BCUT2D eigenvalue weighted by molar-refractivity contribution is 0.336. The van der Waals surface area contributed by atoms with Gasteiger partial charge in [0.1, 0.15) is 11.3 Å². The highest BCUT2D eigenvalue weighted by atomic mass is 32.2. The molecule has 0 N–H and O–H groups in total. The third-order valence-corrected chi connectivity index (χ3v) is 5.08. The Balaban J connectivity index is 1.93. The number of nitrogens with zero attached hydrogens (tertiary/aromatic N) is 3. The van der Waals surface area contributed by atoms with Gasteiger partial charge in [-0.05, 0) is 47.8 Å². The second-order valence-corrected chi connectivity index (χ2v) is 8.51. The SMILES string of the molecule is CC(C)(C)Cn1c(CC2CCSCC2)nc2cccnc21. The number of pyridine rings is 1. The molecule has 1 aliphatic heterocycles. The van der Waals surface area contributed by atoms with Crippen LogP contribution in [0, 0.1) is 11.3 Å². The van der Waals surface area contributed by atoms with E-state index in [-0.39, 0.29) is 5.41 Å². The molecule has 0 amide bonds. The Bertz CT molecular complexity index is 606. The van der Waals surface area contributed by atoms with Gasteiger partial charge in [0.25, 0.3) is 0 Å². The highest BCUT2D eigenvalue weighted by molar-refractivity contribution is 7.99. The van der Waals surface area contributed by atoms with E-state index < -0.39 is 0 Å². The van der Waals surface area contributed by atoms with Gasteiger partial charge < -0.3 is 4.57 Å². The van der Waals surface area contributed by atoms with Crippen LogP contribution in [-0.4, -0.2) is 26.0 Å². The molecule has 3 rings (SSSR count). The predicted octanol–water partition coefficient (Wildman–Crippen LogP) is 4.16. The van der Waals surface area contributed by atoms with E-state index in [0.29, 0.717) is 0 Å². The highest BCUT2D eigenvalue weighted by Crippen LogP contribution is 2.28. The summed E-state index contributed by atoms with van der Waals surface area (Å²) in [7, 11) is 0. The maximum Gasteiger partial charge on any atom is 0.160 e. The van der Waals surface area contributed by atoms with Crippen LogP contribution in [0.1, 0.15) is 39.4 Å². The quantitative estimate of drug-likeness (QED) is 0.853. The summed E-state index contributed by atoms with van der Waals surface area (Å²) in [6.07, 6.45) is 5.64. The van der Waals surface area contributed by atoms with Crippen molar-refractivity contribution in [1.29, 1.82) is 0 Å². The number of fused-ring (bicyclic) bond motifs is 1. The Kier molecular flexibility index (Phi) is 4.25. The zero-order valence-electron chi connectivity index (χ0n) is 13.3. The van der Waals surface area contributed by atoms with Crippen molar-refractivity contribution < 1.29 is 0 Å². The molecule has 114 valence electrons. The van der Waals surface area contributed by atoms with E-state index >= 15 is 0 Å². The molecule has 1 aliphatic rings. The van der Waals surface area contributed by atoms with E-state index in [0.717, 1.165) is 30.0 Å². The van der Waals surface area contributed by atoms with Gasteiger partial charge in [-0.3, -0.25) is 0 Å². The fourth-order valence-electron chi connectivity index (χ4n) is 3.01. The van der Waals surface area contributed by atoms with Gasteiger partial charge in [0.05, 0.1) is 0 Å². The maximum atomic E-state index is 4.88. The van der Waals surface area contributed by atoms with Crippen LogP contribution in [-0.2, 0) is 13.0 Å². The molecule has 3 nitrogen and oxygen atoms in total. The summed E-state index contributed by atoms with van der Waals surface area (Å²) in [5.41, 5.74) is 2.33.